The van der Waals surface area contributed by atoms with Crippen LogP contribution in [0.5, 0.6) is 0 Å². The molecule has 41 heavy (non-hydrogen) atoms. The molecule has 0 bridgehead atoms. The number of rotatable bonds is 9. The van der Waals surface area contributed by atoms with Gasteiger partial charge in [-0.25, -0.2) is 0 Å². The Bertz CT molecular complexity index is 1520. The monoisotopic (exact) mass is 552 g/mol. The van der Waals surface area contributed by atoms with Gasteiger partial charge in [-0.1, -0.05) is 35.9 Å². The SMILES string of the molecule is Cc1ccc(C(=O)N2CCC(C(=O)NC(Cc3c[nH]c4ccccc34)C(=O)NCc3cc(CN)ccn3)CC2)cc1. The van der Waals surface area contributed by atoms with Crippen molar-refractivity contribution in [2.45, 2.75) is 45.3 Å². The number of carbonyl (C=O) groups excluding carboxylic acids is 3. The first-order valence-corrected chi connectivity index (χ1v) is 14.0. The number of benzene rings is 2. The Morgan fingerprint density at radius 1 is 1.07 bits per heavy atom. The van der Waals surface area contributed by atoms with Crippen molar-refractivity contribution in [3.8, 4) is 0 Å². The number of aromatic nitrogens is 2. The summed E-state index contributed by atoms with van der Waals surface area (Å²) in [6, 6.07) is 18.3. The van der Waals surface area contributed by atoms with Gasteiger partial charge in [0, 0.05) is 60.8 Å². The Balaban J connectivity index is 1.25. The fourth-order valence-corrected chi connectivity index (χ4v) is 5.30. The number of nitrogens with two attached hydrogens (primary N) is 1. The van der Waals surface area contributed by atoms with E-state index in [9.17, 15) is 14.4 Å². The van der Waals surface area contributed by atoms with Crippen molar-refractivity contribution in [3.05, 3.63) is 101 Å². The summed E-state index contributed by atoms with van der Waals surface area (Å²) in [6.45, 7) is 3.59. The highest BCUT2D eigenvalue weighted by Gasteiger charge is 2.31. The number of hydrogen-bond acceptors (Lipinski definition) is 5. The number of likely N-dealkylation sites (tertiary alicyclic amines) is 1. The van der Waals surface area contributed by atoms with Crippen molar-refractivity contribution in [1.82, 2.24) is 25.5 Å². The number of amides is 3. The minimum absolute atomic E-state index is 0.0206. The average Bonchev–Trinajstić information content (AvgIpc) is 3.42. The lowest BCUT2D eigenvalue weighted by Gasteiger charge is -2.32. The number of para-hydroxylation sites is 1. The highest BCUT2D eigenvalue weighted by molar-refractivity contribution is 5.94. The molecule has 9 heteroatoms. The van der Waals surface area contributed by atoms with E-state index < -0.39 is 6.04 Å². The number of aryl methyl sites for hydroxylation is 1. The maximum atomic E-state index is 13.4. The first-order valence-electron chi connectivity index (χ1n) is 14.0. The van der Waals surface area contributed by atoms with Crippen LogP contribution in [0.25, 0.3) is 10.9 Å². The summed E-state index contributed by atoms with van der Waals surface area (Å²) >= 11 is 0. The van der Waals surface area contributed by atoms with Crippen molar-refractivity contribution in [2.75, 3.05) is 13.1 Å². The van der Waals surface area contributed by atoms with Crippen LogP contribution in [0.2, 0.25) is 0 Å². The molecule has 2 aromatic carbocycles. The van der Waals surface area contributed by atoms with Gasteiger partial charge >= 0.3 is 0 Å². The smallest absolute Gasteiger partial charge is 0.253 e. The van der Waals surface area contributed by atoms with Crippen LogP contribution in [0.1, 0.15) is 45.6 Å². The Morgan fingerprint density at radius 2 is 1.83 bits per heavy atom. The lowest BCUT2D eigenvalue weighted by Crippen LogP contribution is -2.51. The zero-order chi connectivity index (χ0) is 28.8. The summed E-state index contributed by atoms with van der Waals surface area (Å²) in [7, 11) is 0. The fraction of sp³-hybridized carbons (Fsp3) is 0.312. The van der Waals surface area contributed by atoms with E-state index in [4.69, 9.17) is 5.73 Å². The number of fused-ring (bicyclic) bond motifs is 1. The third-order valence-corrected chi connectivity index (χ3v) is 7.74. The highest BCUT2D eigenvalue weighted by Crippen LogP contribution is 2.22. The first-order chi connectivity index (χ1) is 19.9. The van der Waals surface area contributed by atoms with E-state index in [2.05, 4.69) is 20.6 Å². The maximum absolute atomic E-state index is 13.4. The number of H-pyrrole nitrogens is 1. The molecule has 4 aromatic rings. The number of pyridine rings is 1. The van der Waals surface area contributed by atoms with Crippen LogP contribution in [-0.4, -0.2) is 51.7 Å². The molecular formula is C32H36N6O3. The first kappa shape index (κ1) is 28.0. The van der Waals surface area contributed by atoms with Gasteiger partial charge in [-0.3, -0.25) is 19.4 Å². The van der Waals surface area contributed by atoms with Crippen LogP contribution < -0.4 is 16.4 Å². The van der Waals surface area contributed by atoms with Crippen molar-refractivity contribution in [2.24, 2.45) is 11.7 Å². The second kappa shape index (κ2) is 12.8. The number of hydrogen-bond donors (Lipinski definition) is 4. The Morgan fingerprint density at radius 3 is 2.59 bits per heavy atom. The minimum Gasteiger partial charge on any atom is -0.361 e. The minimum atomic E-state index is -0.772. The fourth-order valence-electron chi connectivity index (χ4n) is 5.30. The molecule has 1 aliphatic rings. The summed E-state index contributed by atoms with van der Waals surface area (Å²) in [4.78, 5) is 49.1. The van der Waals surface area contributed by atoms with Crippen molar-refractivity contribution in [1.29, 1.82) is 0 Å². The summed E-state index contributed by atoms with van der Waals surface area (Å²) in [5, 5.41) is 6.98. The summed E-state index contributed by atoms with van der Waals surface area (Å²) in [6.07, 6.45) is 4.98. The van der Waals surface area contributed by atoms with Crippen molar-refractivity contribution in [3.63, 3.8) is 0 Å². The molecule has 3 heterocycles. The molecule has 1 saturated heterocycles. The zero-order valence-electron chi connectivity index (χ0n) is 23.2. The molecule has 3 amide bonds. The van der Waals surface area contributed by atoms with Crippen LogP contribution >= 0.6 is 0 Å². The van der Waals surface area contributed by atoms with Gasteiger partial charge in [-0.2, -0.15) is 0 Å². The molecule has 212 valence electrons. The van der Waals surface area contributed by atoms with E-state index in [0.29, 0.717) is 50.2 Å². The molecule has 9 nitrogen and oxygen atoms in total. The molecule has 0 aliphatic carbocycles. The van der Waals surface area contributed by atoms with Gasteiger partial charge in [0.15, 0.2) is 0 Å². The third-order valence-electron chi connectivity index (χ3n) is 7.74. The van der Waals surface area contributed by atoms with Crippen LogP contribution in [-0.2, 0) is 29.1 Å². The Hall–Kier alpha value is -4.50. The molecule has 1 aliphatic heterocycles. The predicted octanol–water partition coefficient (Wildman–Crippen LogP) is 3.23. The van der Waals surface area contributed by atoms with E-state index in [1.54, 1.807) is 11.1 Å². The summed E-state index contributed by atoms with van der Waals surface area (Å²) in [5.74, 6) is -0.753. The summed E-state index contributed by atoms with van der Waals surface area (Å²) < 4.78 is 0. The van der Waals surface area contributed by atoms with E-state index >= 15 is 0 Å². The summed E-state index contributed by atoms with van der Waals surface area (Å²) in [5.41, 5.74) is 11.0. The molecule has 2 aromatic heterocycles. The third kappa shape index (κ3) is 6.81. The number of carbonyl (C=O) groups is 3. The van der Waals surface area contributed by atoms with Crippen molar-refractivity contribution < 1.29 is 14.4 Å². The molecule has 0 saturated carbocycles. The second-order valence-corrected chi connectivity index (χ2v) is 10.6. The number of nitrogens with zero attached hydrogens (tertiary/aromatic N) is 2. The maximum Gasteiger partial charge on any atom is 0.253 e. The van der Waals surface area contributed by atoms with Gasteiger partial charge in [-0.05, 0) is 61.2 Å². The van der Waals surface area contributed by atoms with E-state index in [1.165, 1.54) is 0 Å². The molecule has 1 unspecified atom stereocenters. The highest BCUT2D eigenvalue weighted by atomic mass is 16.2. The molecule has 0 radical (unpaired) electrons. The van der Waals surface area contributed by atoms with E-state index in [1.807, 2.05) is 73.8 Å². The number of nitrogens with one attached hydrogen (secondary N) is 3. The Labute approximate surface area is 239 Å². The predicted molar refractivity (Wildman–Crippen MR) is 158 cm³/mol. The zero-order valence-corrected chi connectivity index (χ0v) is 23.2. The van der Waals surface area contributed by atoms with Crippen LogP contribution in [0.4, 0.5) is 0 Å². The van der Waals surface area contributed by atoms with Gasteiger partial charge in [-0.15, -0.1) is 0 Å². The molecular weight excluding hydrogens is 516 g/mol. The number of piperidine rings is 1. The van der Waals surface area contributed by atoms with Crippen LogP contribution in [0.3, 0.4) is 0 Å². The lowest BCUT2D eigenvalue weighted by molar-refractivity contribution is -0.132. The topological polar surface area (TPSA) is 133 Å². The lowest BCUT2D eigenvalue weighted by atomic mass is 9.94. The largest absolute Gasteiger partial charge is 0.361 e. The van der Waals surface area contributed by atoms with Gasteiger partial charge in [0.25, 0.3) is 5.91 Å². The molecule has 0 spiro atoms. The van der Waals surface area contributed by atoms with Crippen LogP contribution in [0.15, 0.2) is 73.1 Å². The van der Waals surface area contributed by atoms with Crippen LogP contribution in [0, 0.1) is 12.8 Å². The number of aromatic amines is 1. The van der Waals surface area contributed by atoms with Crippen molar-refractivity contribution >= 4 is 28.6 Å². The molecule has 5 N–H and O–H groups in total. The molecule has 1 fully saturated rings. The average molecular weight is 553 g/mol. The molecule has 1 atom stereocenters. The van der Waals surface area contributed by atoms with Gasteiger partial charge in [0.1, 0.15) is 6.04 Å². The van der Waals surface area contributed by atoms with E-state index in [-0.39, 0.29) is 30.2 Å². The van der Waals surface area contributed by atoms with Gasteiger partial charge in [0.05, 0.1) is 12.2 Å². The normalized spacial score (nSPS) is 14.5. The quantitative estimate of drug-likeness (QED) is 0.253. The van der Waals surface area contributed by atoms with Gasteiger partial charge < -0.3 is 26.3 Å². The molecule has 5 rings (SSSR count). The van der Waals surface area contributed by atoms with Gasteiger partial charge in [0.2, 0.25) is 11.8 Å². The standard InChI is InChI=1S/C32H36N6O3/c1-21-6-8-24(9-7-21)32(41)38-14-11-23(12-15-38)30(39)37-29(17-25-19-35-28-5-3-2-4-27(25)28)31(40)36-20-26-16-22(18-33)10-13-34-26/h2-10,13,16,19,23,29,35H,11-12,14-15,17-18,20,33H2,1H3,(H,36,40)(H,37,39). The Kier molecular flexibility index (Phi) is 8.74. The second-order valence-electron chi connectivity index (χ2n) is 10.6. The van der Waals surface area contributed by atoms with E-state index in [0.717, 1.165) is 27.6 Å².